The largest absolute Gasteiger partial charge is 0.497 e. The van der Waals surface area contributed by atoms with E-state index in [-0.39, 0.29) is 17.6 Å². The van der Waals surface area contributed by atoms with Crippen LogP contribution in [0.4, 0.5) is 0 Å². The lowest BCUT2D eigenvalue weighted by Crippen LogP contribution is -2.33. The van der Waals surface area contributed by atoms with Gasteiger partial charge in [0.05, 0.1) is 25.1 Å². The van der Waals surface area contributed by atoms with E-state index >= 15 is 0 Å². The number of nitrogens with zero attached hydrogens (tertiary/aromatic N) is 4. The van der Waals surface area contributed by atoms with Crippen molar-refractivity contribution in [3.8, 4) is 5.75 Å². The average Bonchev–Trinajstić information content (AvgIpc) is 3.43. The van der Waals surface area contributed by atoms with Gasteiger partial charge >= 0.3 is 5.69 Å². The second kappa shape index (κ2) is 9.41. The third-order valence-electron chi connectivity index (χ3n) is 7.28. The molecule has 1 aliphatic carbocycles. The number of carbonyl (C=O) groups is 1. The van der Waals surface area contributed by atoms with E-state index in [0.717, 1.165) is 35.4 Å². The topological polar surface area (TPSA) is 69.4 Å². The number of carbonyl (C=O) groups excluding carboxylic acids is 1. The minimum absolute atomic E-state index is 0.0173. The van der Waals surface area contributed by atoms with Crippen molar-refractivity contribution in [3.63, 3.8) is 0 Å². The van der Waals surface area contributed by atoms with Gasteiger partial charge in [0.25, 0.3) is 0 Å². The van der Waals surface area contributed by atoms with Gasteiger partial charge in [0.1, 0.15) is 5.75 Å². The zero-order chi connectivity index (χ0) is 22.8. The third-order valence-corrected chi connectivity index (χ3v) is 7.28. The minimum Gasteiger partial charge on any atom is -0.497 e. The van der Waals surface area contributed by atoms with Crippen LogP contribution in [0.25, 0.3) is 11.2 Å². The Morgan fingerprint density at radius 2 is 1.88 bits per heavy atom. The summed E-state index contributed by atoms with van der Waals surface area (Å²) in [6.45, 7) is 1.98. The minimum atomic E-state index is -0.0395. The molecule has 3 heterocycles. The first kappa shape index (κ1) is 21.7. The van der Waals surface area contributed by atoms with Crippen LogP contribution in [0.1, 0.15) is 50.1 Å². The lowest BCUT2D eigenvalue weighted by atomic mass is 9.89. The van der Waals surface area contributed by atoms with E-state index in [1.807, 2.05) is 50.4 Å². The predicted octanol–water partition coefficient (Wildman–Crippen LogP) is 3.80. The highest BCUT2D eigenvalue weighted by Gasteiger charge is 2.31. The van der Waals surface area contributed by atoms with E-state index in [2.05, 4.69) is 4.98 Å². The number of fused-ring (bicyclic) bond motifs is 1. The van der Waals surface area contributed by atoms with Crippen LogP contribution in [0.3, 0.4) is 0 Å². The third kappa shape index (κ3) is 4.41. The van der Waals surface area contributed by atoms with Gasteiger partial charge < -0.3 is 9.64 Å². The Labute approximate surface area is 194 Å². The predicted molar refractivity (Wildman–Crippen MR) is 128 cm³/mol. The summed E-state index contributed by atoms with van der Waals surface area (Å²) in [5.41, 5.74) is 2.64. The standard InChI is InChI=1S/C26H32N4O3/c1-33-22-11-9-19(10-12-22)16-24(31)28-15-13-21(18-28)30-25-23(8-5-14-27-25)29(26(30)32)17-20-6-3-2-4-7-20/h5,8-12,14,20-21H,2-4,6-7,13,15-18H2,1H3/t21-/m1/s1. The molecule has 1 aliphatic heterocycles. The molecule has 0 radical (unpaired) electrons. The Morgan fingerprint density at radius 1 is 1.09 bits per heavy atom. The Hall–Kier alpha value is -3.09. The quantitative estimate of drug-likeness (QED) is 0.575. The molecule has 1 aromatic carbocycles. The van der Waals surface area contributed by atoms with Gasteiger partial charge in [-0.2, -0.15) is 0 Å². The normalized spacial score (nSPS) is 19.3. The molecule has 174 valence electrons. The van der Waals surface area contributed by atoms with Gasteiger partial charge in [-0.25, -0.2) is 9.78 Å². The molecular weight excluding hydrogens is 416 g/mol. The first-order valence-corrected chi connectivity index (χ1v) is 12.1. The number of pyridine rings is 1. The molecule has 5 rings (SSSR count). The number of hydrogen-bond acceptors (Lipinski definition) is 4. The molecule has 2 aliphatic rings. The van der Waals surface area contributed by atoms with Crippen LogP contribution in [-0.2, 0) is 17.8 Å². The lowest BCUT2D eigenvalue weighted by molar-refractivity contribution is -0.129. The molecule has 7 nitrogen and oxygen atoms in total. The summed E-state index contributed by atoms with van der Waals surface area (Å²) in [6.07, 6.45) is 9.07. The van der Waals surface area contributed by atoms with Crippen LogP contribution in [0.2, 0.25) is 0 Å². The van der Waals surface area contributed by atoms with Crippen LogP contribution >= 0.6 is 0 Å². The highest BCUT2D eigenvalue weighted by Crippen LogP contribution is 2.28. The fourth-order valence-electron chi connectivity index (χ4n) is 5.45. The van der Waals surface area contributed by atoms with Crippen LogP contribution in [-0.4, -0.2) is 45.1 Å². The number of hydrogen-bond donors (Lipinski definition) is 0. The smallest absolute Gasteiger partial charge is 0.330 e. The summed E-state index contributed by atoms with van der Waals surface area (Å²) in [6, 6.07) is 11.5. The molecule has 2 aromatic heterocycles. The first-order valence-electron chi connectivity index (χ1n) is 12.1. The number of methoxy groups -OCH3 is 1. The molecule has 1 amide bonds. The zero-order valence-corrected chi connectivity index (χ0v) is 19.3. The SMILES string of the molecule is COc1ccc(CC(=O)N2CC[C@@H](n3c(=O)n(CC4CCCCC4)c4cccnc43)C2)cc1. The highest BCUT2D eigenvalue weighted by molar-refractivity contribution is 5.79. The molecule has 0 spiro atoms. The Bertz CT molecular complexity index is 1170. The van der Waals surface area contributed by atoms with Gasteiger partial charge in [-0.1, -0.05) is 31.4 Å². The zero-order valence-electron chi connectivity index (χ0n) is 19.3. The highest BCUT2D eigenvalue weighted by atomic mass is 16.5. The van der Waals surface area contributed by atoms with E-state index in [0.29, 0.717) is 25.4 Å². The van der Waals surface area contributed by atoms with E-state index in [4.69, 9.17) is 4.74 Å². The number of rotatable bonds is 6. The number of ether oxygens (including phenoxy) is 1. The first-order chi connectivity index (χ1) is 16.1. The summed E-state index contributed by atoms with van der Waals surface area (Å²) in [5.74, 6) is 1.43. The molecule has 0 N–H and O–H groups in total. The van der Waals surface area contributed by atoms with Crippen molar-refractivity contribution in [3.05, 3.63) is 58.6 Å². The molecular formula is C26H32N4O3. The number of likely N-dealkylation sites (tertiary alicyclic amines) is 1. The van der Waals surface area contributed by atoms with Crippen molar-refractivity contribution < 1.29 is 9.53 Å². The van der Waals surface area contributed by atoms with Crippen molar-refractivity contribution in [2.24, 2.45) is 5.92 Å². The summed E-state index contributed by atoms with van der Waals surface area (Å²) < 4.78 is 8.97. The molecule has 1 saturated carbocycles. The Morgan fingerprint density at radius 3 is 2.64 bits per heavy atom. The molecule has 0 bridgehead atoms. The maximum absolute atomic E-state index is 13.5. The molecule has 2 fully saturated rings. The van der Waals surface area contributed by atoms with E-state index in [1.54, 1.807) is 13.3 Å². The van der Waals surface area contributed by atoms with Gasteiger partial charge in [0.2, 0.25) is 5.91 Å². The van der Waals surface area contributed by atoms with E-state index in [1.165, 1.54) is 32.1 Å². The van der Waals surface area contributed by atoms with E-state index < -0.39 is 0 Å². The fourth-order valence-corrected chi connectivity index (χ4v) is 5.45. The van der Waals surface area contributed by atoms with Crippen LogP contribution in [0.15, 0.2) is 47.4 Å². The number of amides is 1. The van der Waals surface area contributed by atoms with Crippen LogP contribution < -0.4 is 10.4 Å². The summed E-state index contributed by atoms with van der Waals surface area (Å²) in [4.78, 5) is 33.0. The summed E-state index contributed by atoms with van der Waals surface area (Å²) >= 11 is 0. The van der Waals surface area contributed by atoms with Gasteiger partial charge in [0.15, 0.2) is 5.65 Å². The summed E-state index contributed by atoms with van der Waals surface area (Å²) in [5, 5.41) is 0. The number of imidazole rings is 1. The molecule has 0 unspecified atom stereocenters. The number of aromatic nitrogens is 3. The molecule has 1 atom stereocenters. The van der Waals surface area contributed by atoms with Crippen molar-refractivity contribution in [2.45, 2.75) is 57.5 Å². The van der Waals surface area contributed by atoms with Gasteiger partial charge in [-0.05, 0) is 55.0 Å². The molecule has 7 heteroatoms. The van der Waals surface area contributed by atoms with Crippen LogP contribution in [0, 0.1) is 5.92 Å². The van der Waals surface area contributed by atoms with E-state index in [9.17, 15) is 9.59 Å². The van der Waals surface area contributed by atoms with Crippen molar-refractivity contribution in [2.75, 3.05) is 20.2 Å². The average molecular weight is 449 g/mol. The molecule has 1 saturated heterocycles. The monoisotopic (exact) mass is 448 g/mol. The van der Waals surface area contributed by atoms with Crippen molar-refractivity contribution in [1.29, 1.82) is 0 Å². The Kier molecular flexibility index (Phi) is 6.20. The second-order valence-corrected chi connectivity index (χ2v) is 9.42. The second-order valence-electron chi connectivity index (χ2n) is 9.42. The summed E-state index contributed by atoms with van der Waals surface area (Å²) in [7, 11) is 1.63. The van der Waals surface area contributed by atoms with Gasteiger partial charge in [-0.15, -0.1) is 0 Å². The maximum Gasteiger partial charge on any atom is 0.330 e. The van der Waals surface area contributed by atoms with Gasteiger partial charge in [0, 0.05) is 25.8 Å². The number of benzene rings is 1. The maximum atomic E-state index is 13.5. The molecule has 3 aromatic rings. The van der Waals surface area contributed by atoms with Crippen molar-refractivity contribution >= 4 is 17.1 Å². The fraction of sp³-hybridized carbons (Fsp3) is 0.500. The Balaban J connectivity index is 1.34. The van der Waals surface area contributed by atoms with Gasteiger partial charge in [-0.3, -0.25) is 13.9 Å². The lowest BCUT2D eigenvalue weighted by Gasteiger charge is -2.21. The molecule has 33 heavy (non-hydrogen) atoms. The van der Waals surface area contributed by atoms with Crippen molar-refractivity contribution in [1.82, 2.24) is 19.0 Å². The van der Waals surface area contributed by atoms with Crippen LogP contribution in [0.5, 0.6) is 5.75 Å².